The first-order valence-corrected chi connectivity index (χ1v) is 14.0. The molecule has 1 aliphatic rings. The van der Waals surface area contributed by atoms with Gasteiger partial charge in [0.25, 0.3) is 0 Å². The molecule has 0 radical (unpaired) electrons. The van der Waals surface area contributed by atoms with Crippen LogP contribution in [-0.4, -0.2) is 4.57 Å². The Morgan fingerprint density at radius 2 is 1.15 bits per heavy atom. The third-order valence-electron chi connectivity index (χ3n) is 8.72. The second-order valence-electron chi connectivity index (χ2n) is 10.8. The van der Waals surface area contributed by atoms with Crippen molar-refractivity contribution in [3.63, 3.8) is 0 Å². The number of aryl methyl sites for hydroxylation is 2. The SMILES string of the molecule is c1ccc2c(c1)CCc1ccc3oc4c(-c5ccc(-n6c7ccccc7c7ccccc76)cc5)cccc4c3c1-2. The van der Waals surface area contributed by atoms with Crippen molar-refractivity contribution >= 4 is 43.7 Å². The molecular weight excluding hydrogens is 486 g/mol. The van der Waals surface area contributed by atoms with E-state index in [2.05, 4.69) is 132 Å². The molecule has 40 heavy (non-hydrogen) atoms. The fourth-order valence-electron chi connectivity index (χ4n) is 6.92. The van der Waals surface area contributed by atoms with Crippen molar-refractivity contribution in [1.29, 1.82) is 0 Å². The molecule has 8 aromatic rings. The Morgan fingerprint density at radius 1 is 0.500 bits per heavy atom. The average molecular weight is 512 g/mol. The lowest BCUT2D eigenvalue weighted by atomic mass is 9.83. The summed E-state index contributed by atoms with van der Waals surface area (Å²) < 4.78 is 8.99. The van der Waals surface area contributed by atoms with Crippen molar-refractivity contribution in [2.45, 2.75) is 12.8 Å². The molecule has 0 saturated carbocycles. The van der Waals surface area contributed by atoms with Gasteiger partial charge in [-0.05, 0) is 71.0 Å². The van der Waals surface area contributed by atoms with Crippen molar-refractivity contribution in [3.8, 4) is 27.9 Å². The van der Waals surface area contributed by atoms with Gasteiger partial charge in [-0.2, -0.15) is 0 Å². The van der Waals surface area contributed by atoms with E-state index < -0.39 is 0 Å². The van der Waals surface area contributed by atoms with Crippen LogP contribution in [-0.2, 0) is 12.8 Å². The van der Waals surface area contributed by atoms with E-state index in [4.69, 9.17) is 4.42 Å². The number of furan rings is 1. The highest BCUT2D eigenvalue weighted by molar-refractivity contribution is 6.16. The maximum atomic E-state index is 6.63. The van der Waals surface area contributed by atoms with E-state index in [1.807, 2.05) is 0 Å². The fourth-order valence-corrected chi connectivity index (χ4v) is 6.92. The summed E-state index contributed by atoms with van der Waals surface area (Å²) in [6, 6.07) is 46.0. The normalized spacial score (nSPS) is 12.8. The second-order valence-corrected chi connectivity index (χ2v) is 10.8. The highest BCUT2D eigenvalue weighted by Gasteiger charge is 2.22. The van der Waals surface area contributed by atoms with E-state index in [1.165, 1.54) is 54.8 Å². The smallest absolute Gasteiger partial charge is 0.143 e. The second kappa shape index (κ2) is 8.21. The number of nitrogens with zero attached hydrogens (tertiary/aromatic N) is 1. The largest absolute Gasteiger partial charge is 0.455 e. The summed E-state index contributed by atoms with van der Waals surface area (Å²) in [6.45, 7) is 0. The minimum absolute atomic E-state index is 0.957. The zero-order chi connectivity index (χ0) is 26.2. The molecular formula is C38H25NO. The Kier molecular flexibility index (Phi) is 4.48. The molecule has 0 saturated heterocycles. The van der Waals surface area contributed by atoms with Crippen LogP contribution in [0.3, 0.4) is 0 Å². The quantitative estimate of drug-likeness (QED) is 0.226. The number of hydrogen-bond donors (Lipinski definition) is 0. The van der Waals surface area contributed by atoms with Crippen LogP contribution in [0.2, 0.25) is 0 Å². The molecule has 9 rings (SSSR count). The Balaban J connectivity index is 1.23. The lowest BCUT2D eigenvalue weighted by Gasteiger charge is -2.20. The van der Waals surface area contributed by atoms with Crippen LogP contribution in [0.15, 0.2) is 132 Å². The highest BCUT2D eigenvalue weighted by atomic mass is 16.3. The van der Waals surface area contributed by atoms with E-state index in [0.29, 0.717) is 0 Å². The van der Waals surface area contributed by atoms with Gasteiger partial charge in [-0.1, -0.05) is 97.1 Å². The molecule has 2 heterocycles. The van der Waals surface area contributed by atoms with Crippen LogP contribution >= 0.6 is 0 Å². The van der Waals surface area contributed by atoms with Crippen LogP contribution in [0.4, 0.5) is 0 Å². The summed E-state index contributed by atoms with van der Waals surface area (Å²) in [5.41, 5.74) is 13.3. The molecule has 0 atom stereocenters. The van der Waals surface area contributed by atoms with E-state index in [9.17, 15) is 0 Å². The molecule has 2 heteroatoms. The Hall–Kier alpha value is -5.08. The van der Waals surface area contributed by atoms with E-state index in [-0.39, 0.29) is 0 Å². The van der Waals surface area contributed by atoms with Gasteiger partial charge in [-0.25, -0.2) is 0 Å². The predicted molar refractivity (Wildman–Crippen MR) is 166 cm³/mol. The van der Waals surface area contributed by atoms with Crippen molar-refractivity contribution in [2.24, 2.45) is 0 Å². The van der Waals surface area contributed by atoms with Gasteiger partial charge in [0.1, 0.15) is 11.2 Å². The van der Waals surface area contributed by atoms with Crippen LogP contribution in [0.25, 0.3) is 71.7 Å². The molecule has 0 fully saturated rings. The zero-order valence-electron chi connectivity index (χ0n) is 21.9. The molecule has 0 spiro atoms. The minimum atomic E-state index is 0.957. The molecule has 188 valence electrons. The molecule has 2 nitrogen and oxygen atoms in total. The van der Waals surface area contributed by atoms with Gasteiger partial charge in [0.2, 0.25) is 0 Å². The minimum Gasteiger partial charge on any atom is -0.455 e. The third-order valence-corrected chi connectivity index (χ3v) is 8.72. The van der Waals surface area contributed by atoms with Crippen LogP contribution in [0, 0.1) is 0 Å². The standard InChI is InChI=1S/C38H25NO/c1-2-9-28-24(8-1)16-17-26-20-23-35-37(36(26)28)32-13-7-12-29(38(32)40-35)25-18-21-27(22-19-25)39-33-14-5-3-10-30(33)31-11-4-6-15-34(31)39/h1-15,18-23H,16-17H2. The molecule has 2 aromatic heterocycles. The first kappa shape index (κ1) is 21.8. The van der Waals surface area contributed by atoms with Crippen molar-refractivity contribution < 1.29 is 4.42 Å². The summed E-state index contributed by atoms with van der Waals surface area (Å²) in [5.74, 6) is 0. The van der Waals surface area contributed by atoms with Crippen molar-refractivity contribution in [3.05, 3.63) is 139 Å². The maximum absolute atomic E-state index is 6.63. The third kappa shape index (κ3) is 2.99. The average Bonchev–Trinajstić information content (AvgIpc) is 3.57. The van der Waals surface area contributed by atoms with Gasteiger partial charge < -0.3 is 8.98 Å². The molecule has 0 N–H and O–H groups in total. The van der Waals surface area contributed by atoms with Crippen molar-refractivity contribution in [2.75, 3.05) is 0 Å². The van der Waals surface area contributed by atoms with Gasteiger partial charge >= 0.3 is 0 Å². The topological polar surface area (TPSA) is 18.1 Å². The Bertz CT molecular complexity index is 2210. The number of benzene rings is 6. The van der Waals surface area contributed by atoms with Gasteiger partial charge in [0.15, 0.2) is 0 Å². The number of rotatable bonds is 2. The molecule has 0 bridgehead atoms. The summed E-state index contributed by atoms with van der Waals surface area (Å²) in [4.78, 5) is 0. The Labute approximate surface area is 231 Å². The maximum Gasteiger partial charge on any atom is 0.143 e. The first-order chi connectivity index (χ1) is 19.8. The summed E-state index contributed by atoms with van der Waals surface area (Å²) in [7, 11) is 0. The fraction of sp³-hybridized carbons (Fsp3) is 0.0526. The lowest BCUT2D eigenvalue weighted by molar-refractivity contribution is 0.670. The number of hydrogen-bond acceptors (Lipinski definition) is 1. The Morgan fingerprint density at radius 3 is 1.95 bits per heavy atom. The number of fused-ring (bicyclic) bond motifs is 10. The van der Waals surface area contributed by atoms with Gasteiger partial charge in [0, 0.05) is 32.8 Å². The van der Waals surface area contributed by atoms with E-state index >= 15 is 0 Å². The summed E-state index contributed by atoms with van der Waals surface area (Å²) in [5, 5.41) is 4.98. The summed E-state index contributed by atoms with van der Waals surface area (Å²) in [6.07, 6.45) is 2.16. The van der Waals surface area contributed by atoms with Gasteiger partial charge in [-0.15, -0.1) is 0 Å². The molecule has 0 aliphatic heterocycles. The molecule has 6 aromatic carbocycles. The first-order valence-electron chi connectivity index (χ1n) is 14.0. The molecule has 1 aliphatic carbocycles. The van der Waals surface area contributed by atoms with Crippen LogP contribution in [0.1, 0.15) is 11.1 Å². The van der Waals surface area contributed by atoms with E-state index in [0.717, 1.165) is 40.8 Å². The van der Waals surface area contributed by atoms with Crippen LogP contribution in [0.5, 0.6) is 0 Å². The van der Waals surface area contributed by atoms with Gasteiger partial charge in [-0.3, -0.25) is 0 Å². The predicted octanol–water partition coefficient (Wildman–Crippen LogP) is 10.1. The zero-order valence-corrected chi connectivity index (χ0v) is 21.9. The van der Waals surface area contributed by atoms with E-state index in [1.54, 1.807) is 0 Å². The van der Waals surface area contributed by atoms with Crippen LogP contribution < -0.4 is 0 Å². The lowest BCUT2D eigenvalue weighted by Crippen LogP contribution is -2.03. The van der Waals surface area contributed by atoms with Gasteiger partial charge in [0.05, 0.1) is 11.0 Å². The molecule has 0 amide bonds. The monoisotopic (exact) mass is 511 g/mol. The highest BCUT2D eigenvalue weighted by Crippen LogP contribution is 2.45. The summed E-state index contributed by atoms with van der Waals surface area (Å²) >= 11 is 0. The molecule has 0 unspecified atom stereocenters. The number of para-hydroxylation sites is 3. The number of aromatic nitrogens is 1. The van der Waals surface area contributed by atoms with Crippen molar-refractivity contribution in [1.82, 2.24) is 4.57 Å².